The van der Waals surface area contributed by atoms with Crippen LogP contribution in [0.25, 0.3) is 0 Å². The second-order valence-electron chi connectivity index (χ2n) is 4.71. The Kier molecular flexibility index (Phi) is 5.15. The minimum atomic E-state index is -4.46. The number of halogens is 3. The van der Waals surface area contributed by atoms with Gasteiger partial charge in [-0.05, 0) is 25.1 Å². The van der Waals surface area contributed by atoms with E-state index in [0.29, 0.717) is 5.69 Å². The maximum atomic E-state index is 12.1. The van der Waals surface area contributed by atoms with Gasteiger partial charge in [-0.15, -0.1) is 0 Å². The number of hydrogen-bond acceptors (Lipinski definition) is 4. The van der Waals surface area contributed by atoms with E-state index in [-0.39, 0.29) is 17.6 Å². The number of carbonyl (C=O) groups is 1. The molecular weight excluding hydrogens is 311 g/mol. The number of rotatable bonds is 5. The third-order valence-corrected chi connectivity index (χ3v) is 2.82. The van der Waals surface area contributed by atoms with Crippen molar-refractivity contribution in [3.05, 3.63) is 54.0 Å². The first-order valence-electron chi connectivity index (χ1n) is 6.73. The van der Waals surface area contributed by atoms with Gasteiger partial charge >= 0.3 is 6.18 Å². The van der Waals surface area contributed by atoms with E-state index in [1.807, 2.05) is 0 Å². The Morgan fingerprint density at radius 2 is 2.04 bits per heavy atom. The smallest absolute Gasteiger partial charge is 0.422 e. The van der Waals surface area contributed by atoms with Crippen LogP contribution in [0.5, 0.6) is 5.88 Å². The number of ether oxygens (including phenoxy) is 1. The highest BCUT2D eigenvalue weighted by molar-refractivity contribution is 5.92. The summed E-state index contributed by atoms with van der Waals surface area (Å²) in [4.78, 5) is 20.0. The topological polar surface area (TPSA) is 64.1 Å². The molecule has 8 heteroatoms. The molecule has 1 atom stereocenters. The Morgan fingerprint density at radius 3 is 2.70 bits per heavy atom. The van der Waals surface area contributed by atoms with Gasteiger partial charge < -0.3 is 10.1 Å². The van der Waals surface area contributed by atoms with Crippen LogP contribution >= 0.6 is 0 Å². The van der Waals surface area contributed by atoms with Crippen molar-refractivity contribution in [3.8, 4) is 5.88 Å². The Hall–Kier alpha value is -2.64. The van der Waals surface area contributed by atoms with E-state index in [4.69, 9.17) is 0 Å². The van der Waals surface area contributed by atoms with Crippen LogP contribution in [-0.4, -0.2) is 28.7 Å². The SMILES string of the molecule is CC(NC(=O)c1cccc(OCC(F)(F)F)n1)c1ccccn1. The van der Waals surface area contributed by atoms with Crippen LogP contribution in [0.4, 0.5) is 13.2 Å². The predicted octanol–water partition coefficient (Wildman–Crippen LogP) is 2.91. The Balaban J connectivity index is 2.02. The largest absolute Gasteiger partial charge is 0.468 e. The van der Waals surface area contributed by atoms with Gasteiger partial charge in [0.05, 0.1) is 11.7 Å². The quantitative estimate of drug-likeness (QED) is 0.918. The second kappa shape index (κ2) is 7.08. The van der Waals surface area contributed by atoms with E-state index in [1.54, 1.807) is 31.3 Å². The van der Waals surface area contributed by atoms with Crippen molar-refractivity contribution in [1.29, 1.82) is 0 Å². The molecule has 2 rings (SSSR count). The molecule has 0 aliphatic heterocycles. The van der Waals surface area contributed by atoms with Crippen molar-refractivity contribution < 1.29 is 22.7 Å². The zero-order valence-electron chi connectivity index (χ0n) is 12.2. The molecule has 2 heterocycles. The fourth-order valence-corrected chi connectivity index (χ4v) is 1.75. The standard InChI is InChI=1S/C15H14F3N3O2/c1-10(11-5-2-3-8-19-11)20-14(22)12-6-4-7-13(21-12)23-9-15(16,17)18/h2-8,10H,9H2,1H3,(H,20,22). The van der Waals surface area contributed by atoms with Gasteiger partial charge in [-0.1, -0.05) is 12.1 Å². The summed E-state index contributed by atoms with van der Waals surface area (Å²) < 4.78 is 40.9. The second-order valence-corrected chi connectivity index (χ2v) is 4.71. The van der Waals surface area contributed by atoms with Gasteiger partial charge in [0.15, 0.2) is 6.61 Å². The number of amides is 1. The molecule has 23 heavy (non-hydrogen) atoms. The van der Waals surface area contributed by atoms with Crippen molar-refractivity contribution in [2.24, 2.45) is 0 Å². The first-order valence-corrected chi connectivity index (χ1v) is 6.73. The van der Waals surface area contributed by atoms with Crippen LogP contribution in [-0.2, 0) is 0 Å². The highest BCUT2D eigenvalue weighted by Gasteiger charge is 2.28. The number of nitrogens with zero attached hydrogens (tertiary/aromatic N) is 2. The van der Waals surface area contributed by atoms with Crippen molar-refractivity contribution in [1.82, 2.24) is 15.3 Å². The molecule has 0 fully saturated rings. The van der Waals surface area contributed by atoms with Crippen LogP contribution in [0.2, 0.25) is 0 Å². The Bertz CT molecular complexity index is 663. The summed E-state index contributed by atoms with van der Waals surface area (Å²) in [5, 5.41) is 2.67. The molecule has 0 saturated carbocycles. The summed E-state index contributed by atoms with van der Waals surface area (Å²) in [5.74, 6) is -0.791. The average Bonchev–Trinajstić information content (AvgIpc) is 2.53. The lowest BCUT2D eigenvalue weighted by atomic mass is 10.2. The minimum Gasteiger partial charge on any atom is -0.468 e. The molecule has 2 aromatic rings. The van der Waals surface area contributed by atoms with Crippen LogP contribution in [0.3, 0.4) is 0 Å². The summed E-state index contributed by atoms with van der Waals surface area (Å²) in [7, 11) is 0. The van der Waals surface area contributed by atoms with Gasteiger partial charge in [-0.25, -0.2) is 4.98 Å². The number of aromatic nitrogens is 2. The van der Waals surface area contributed by atoms with E-state index in [0.717, 1.165) is 0 Å². The van der Waals surface area contributed by atoms with Crippen molar-refractivity contribution in [2.45, 2.75) is 19.1 Å². The van der Waals surface area contributed by atoms with Crippen LogP contribution in [0, 0.1) is 0 Å². The summed E-state index contributed by atoms with van der Waals surface area (Å²) in [6.45, 7) is 0.277. The Morgan fingerprint density at radius 1 is 1.26 bits per heavy atom. The van der Waals surface area contributed by atoms with Gasteiger partial charge in [-0.2, -0.15) is 13.2 Å². The van der Waals surface area contributed by atoms with Gasteiger partial charge in [0, 0.05) is 12.3 Å². The van der Waals surface area contributed by atoms with Crippen molar-refractivity contribution in [3.63, 3.8) is 0 Å². The van der Waals surface area contributed by atoms with E-state index in [9.17, 15) is 18.0 Å². The van der Waals surface area contributed by atoms with Gasteiger partial charge in [0.2, 0.25) is 5.88 Å². The number of pyridine rings is 2. The summed E-state index contributed by atoms with van der Waals surface area (Å²) in [6, 6.07) is 8.96. The zero-order valence-corrected chi connectivity index (χ0v) is 12.2. The lowest BCUT2D eigenvalue weighted by molar-refractivity contribution is -0.154. The molecular formula is C15H14F3N3O2. The fraction of sp³-hybridized carbons (Fsp3) is 0.267. The number of alkyl halides is 3. The highest BCUT2D eigenvalue weighted by atomic mass is 19.4. The molecule has 0 aliphatic rings. The molecule has 0 spiro atoms. The highest BCUT2D eigenvalue weighted by Crippen LogP contribution is 2.17. The van der Waals surface area contributed by atoms with Crippen molar-refractivity contribution >= 4 is 5.91 Å². The van der Waals surface area contributed by atoms with Gasteiger partial charge in [0.1, 0.15) is 5.69 Å². The van der Waals surface area contributed by atoms with E-state index >= 15 is 0 Å². The fourth-order valence-electron chi connectivity index (χ4n) is 1.75. The van der Waals surface area contributed by atoms with Gasteiger partial charge in [-0.3, -0.25) is 9.78 Å². The molecule has 0 bridgehead atoms. The molecule has 5 nitrogen and oxygen atoms in total. The van der Waals surface area contributed by atoms with Crippen LogP contribution in [0.1, 0.15) is 29.1 Å². The molecule has 0 aromatic carbocycles. The molecule has 0 saturated heterocycles. The van der Waals surface area contributed by atoms with Crippen molar-refractivity contribution in [2.75, 3.05) is 6.61 Å². The maximum absolute atomic E-state index is 12.1. The summed E-state index contributed by atoms with van der Waals surface area (Å²) >= 11 is 0. The molecule has 2 aromatic heterocycles. The molecule has 0 radical (unpaired) electrons. The maximum Gasteiger partial charge on any atom is 0.422 e. The van der Waals surface area contributed by atoms with Crippen LogP contribution in [0.15, 0.2) is 42.6 Å². The molecule has 122 valence electrons. The monoisotopic (exact) mass is 325 g/mol. The number of hydrogen-bond donors (Lipinski definition) is 1. The van der Waals surface area contributed by atoms with E-state index in [1.165, 1.54) is 18.2 Å². The number of carbonyl (C=O) groups excluding carboxylic acids is 1. The molecule has 0 aliphatic carbocycles. The first kappa shape index (κ1) is 16.7. The normalized spacial score (nSPS) is 12.5. The third kappa shape index (κ3) is 5.24. The summed E-state index contributed by atoms with van der Waals surface area (Å²) in [5.41, 5.74) is 0.623. The lowest BCUT2D eigenvalue weighted by Crippen LogP contribution is -2.28. The van der Waals surface area contributed by atoms with E-state index < -0.39 is 18.7 Å². The molecule has 1 N–H and O–H groups in total. The van der Waals surface area contributed by atoms with Gasteiger partial charge in [0.25, 0.3) is 5.91 Å². The third-order valence-electron chi connectivity index (χ3n) is 2.82. The molecule has 1 unspecified atom stereocenters. The van der Waals surface area contributed by atoms with Crippen LogP contribution < -0.4 is 10.1 Å². The lowest BCUT2D eigenvalue weighted by Gasteiger charge is -2.13. The first-order chi connectivity index (χ1) is 10.8. The predicted molar refractivity (Wildman–Crippen MR) is 75.9 cm³/mol. The van der Waals surface area contributed by atoms with E-state index in [2.05, 4.69) is 20.0 Å². The number of nitrogens with one attached hydrogen (secondary N) is 1. The summed E-state index contributed by atoms with van der Waals surface area (Å²) in [6.07, 6.45) is -2.87. The Labute approximate surface area is 130 Å². The minimum absolute atomic E-state index is 0.0348. The average molecular weight is 325 g/mol. The molecule has 1 amide bonds. The zero-order chi connectivity index (χ0) is 16.9.